The number of nitrogens with zero attached hydrogens (tertiary/aromatic N) is 2. The highest BCUT2D eigenvalue weighted by molar-refractivity contribution is 7.89. The summed E-state index contributed by atoms with van der Waals surface area (Å²) in [5, 5.41) is 20.5. The van der Waals surface area contributed by atoms with Crippen LogP contribution in [0, 0.1) is 6.92 Å². The van der Waals surface area contributed by atoms with Crippen molar-refractivity contribution >= 4 is 40.5 Å². The Balaban J connectivity index is 0.00000204. The third-order valence-corrected chi connectivity index (χ3v) is 7.74. The van der Waals surface area contributed by atoms with Crippen LogP contribution in [0.4, 0.5) is 5.69 Å². The van der Waals surface area contributed by atoms with Gasteiger partial charge >= 0.3 is 0 Å². The second kappa shape index (κ2) is 12.5. The standard InChI is InChI=1S/C23H31N3O5S.2ClH/c1-17-7-9-19(10-8-17)32(29,30)24-15-20-22(23(28)21(16-27)31-20)26-13-11-25(12-14-26)18-5-3-2-4-6-18;;/h2-10,20-24,27-28H,11-16H2,1H3;2*1H/t20-,21+,22+,23-;;/m1../s1. The first-order valence-corrected chi connectivity index (χ1v) is 12.4. The molecule has 2 fully saturated rings. The number of para-hydroxylation sites is 1. The van der Waals surface area contributed by atoms with Gasteiger partial charge < -0.3 is 19.8 Å². The number of rotatable bonds is 7. The molecular weight excluding hydrogens is 501 g/mol. The molecule has 11 heteroatoms. The van der Waals surface area contributed by atoms with Gasteiger partial charge in [0.05, 0.1) is 23.6 Å². The van der Waals surface area contributed by atoms with Gasteiger partial charge in [-0.1, -0.05) is 35.9 Å². The van der Waals surface area contributed by atoms with E-state index in [1.165, 1.54) is 0 Å². The highest BCUT2D eigenvalue weighted by Crippen LogP contribution is 2.28. The van der Waals surface area contributed by atoms with Crippen LogP contribution in [0.2, 0.25) is 0 Å². The predicted molar refractivity (Wildman–Crippen MR) is 137 cm³/mol. The van der Waals surface area contributed by atoms with E-state index < -0.39 is 34.4 Å². The van der Waals surface area contributed by atoms with Crippen LogP contribution < -0.4 is 9.62 Å². The lowest BCUT2D eigenvalue weighted by molar-refractivity contribution is -0.0201. The fourth-order valence-corrected chi connectivity index (χ4v) is 5.55. The van der Waals surface area contributed by atoms with Crippen LogP contribution in [0.15, 0.2) is 59.5 Å². The molecule has 0 spiro atoms. The number of aliphatic hydroxyl groups is 2. The van der Waals surface area contributed by atoms with Crippen molar-refractivity contribution in [3.8, 4) is 0 Å². The lowest BCUT2D eigenvalue weighted by atomic mass is 10.0. The van der Waals surface area contributed by atoms with E-state index in [0.717, 1.165) is 24.3 Å². The molecule has 2 aromatic carbocycles. The second-order valence-electron chi connectivity index (χ2n) is 8.40. The Labute approximate surface area is 213 Å². The van der Waals surface area contributed by atoms with E-state index in [4.69, 9.17) is 4.74 Å². The Bertz CT molecular complexity index is 989. The van der Waals surface area contributed by atoms with E-state index in [-0.39, 0.29) is 42.9 Å². The van der Waals surface area contributed by atoms with E-state index in [1.54, 1.807) is 24.3 Å². The summed E-state index contributed by atoms with van der Waals surface area (Å²) < 4.78 is 33.9. The quantitative estimate of drug-likeness (QED) is 0.494. The summed E-state index contributed by atoms with van der Waals surface area (Å²) in [6, 6.07) is 16.4. The topological polar surface area (TPSA) is 102 Å². The molecule has 4 atom stereocenters. The lowest BCUT2D eigenvalue weighted by Gasteiger charge is -2.41. The normalized spacial score (nSPS) is 25.4. The van der Waals surface area contributed by atoms with Crippen LogP contribution in [-0.4, -0.2) is 87.2 Å². The number of piperazine rings is 1. The zero-order valence-electron chi connectivity index (χ0n) is 19.0. The molecule has 190 valence electrons. The number of anilines is 1. The van der Waals surface area contributed by atoms with Crippen molar-refractivity contribution in [3.05, 3.63) is 60.2 Å². The first kappa shape index (κ1) is 28.8. The minimum absolute atomic E-state index is 0. The number of halogens is 2. The first-order chi connectivity index (χ1) is 15.4. The Kier molecular flexibility index (Phi) is 10.6. The predicted octanol–water partition coefficient (Wildman–Crippen LogP) is 1.43. The fraction of sp³-hybridized carbons (Fsp3) is 0.478. The molecular formula is C23H33Cl2N3O5S. The maximum Gasteiger partial charge on any atom is 0.240 e. The van der Waals surface area contributed by atoms with Crippen molar-refractivity contribution in [2.75, 3.05) is 44.2 Å². The maximum atomic E-state index is 12.7. The van der Waals surface area contributed by atoms with E-state index in [9.17, 15) is 18.6 Å². The van der Waals surface area contributed by atoms with Gasteiger partial charge in [-0.3, -0.25) is 4.90 Å². The van der Waals surface area contributed by atoms with Crippen LogP contribution in [0.5, 0.6) is 0 Å². The van der Waals surface area contributed by atoms with Gasteiger partial charge in [0.2, 0.25) is 10.0 Å². The molecule has 2 aliphatic rings. The van der Waals surface area contributed by atoms with Crippen LogP contribution in [-0.2, 0) is 14.8 Å². The van der Waals surface area contributed by atoms with Gasteiger partial charge in [0, 0.05) is 38.4 Å². The van der Waals surface area contributed by atoms with Crippen molar-refractivity contribution in [1.82, 2.24) is 9.62 Å². The van der Waals surface area contributed by atoms with Gasteiger partial charge in [-0.2, -0.15) is 0 Å². The maximum absolute atomic E-state index is 12.7. The van der Waals surface area contributed by atoms with E-state index >= 15 is 0 Å². The van der Waals surface area contributed by atoms with Crippen molar-refractivity contribution in [2.24, 2.45) is 0 Å². The van der Waals surface area contributed by atoms with E-state index in [0.29, 0.717) is 13.1 Å². The van der Waals surface area contributed by atoms with Gasteiger partial charge in [-0.15, -0.1) is 24.8 Å². The van der Waals surface area contributed by atoms with E-state index in [2.05, 4.69) is 26.7 Å². The summed E-state index contributed by atoms with van der Waals surface area (Å²) in [5.41, 5.74) is 2.14. The van der Waals surface area contributed by atoms with E-state index in [1.807, 2.05) is 25.1 Å². The third kappa shape index (κ3) is 6.41. The molecule has 0 saturated carbocycles. The highest BCUT2D eigenvalue weighted by Gasteiger charge is 2.47. The molecule has 8 nitrogen and oxygen atoms in total. The number of aryl methyl sites for hydroxylation is 1. The number of hydrogen-bond donors (Lipinski definition) is 3. The summed E-state index contributed by atoms with van der Waals surface area (Å²) in [4.78, 5) is 4.62. The largest absolute Gasteiger partial charge is 0.394 e. The van der Waals surface area contributed by atoms with Gasteiger partial charge in [-0.25, -0.2) is 13.1 Å². The van der Waals surface area contributed by atoms with Gasteiger partial charge in [0.25, 0.3) is 0 Å². The SMILES string of the molecule is Cc1ccc(S(=O)(=O)NC[C@H]2O[C@@H](CO)[C@@H](O)[C@H]2N2CCN(c3ccccc3)CC2)cc1.Cl.Cl. The average molecular weight is 535 g/mol. The zero-order valence-corrected chi connectivity index (χ0v) is 21.4. The molecule has 0 unspecified atom stereocenters. The Morgan fingerprint density at radius 3 is 2.18 bits per heavy atom. The minimum Gasteiger partial charge on any atom is -0.394 e. The number of aliphatic hydroxyl groups excluding tert-OH is 2. The molecule has 0 amide bonds. The summed E-state index contributed by atoms with van der Waals surface area (Å²) >= 11 is 0. The fourth-order valence-electron chi connectivity index (χ4n) is 4.51. The van der Waals surface area contributed by atoms with Gasteiger partial charge in [0.15, 0.2) is 0 Å². The molecule has 0 aromatic heterocycles. The molecule has 34 heavy (non-hydrogen) atoms. The molecule has 2 heterocycles. The highest BCUT2D eigenvalue weighted by atomic mass is 35.5. The Morgan fingerprint density at radius 1 is 0.971 bits per heavy atom. The molecule has 2 saturated heterocycles. The van der Waals surface area contributed by atoms with Gasteiger partial charge in [0.1, 0.15) is 12.2 Å². The van der Waals surface area contributed by atoms with Crippen LogP contribution in [0.25, 0.3) is 0 Å². The van der Waals surface area contributed by atoms with Crippen molar-refractivity contribution < 1.29 is 23.4 Å². The van der Waals surface area contributed by atoms with Crippen LogP contribution in [0.3, 0.4) is 0 Å². The number of nitrogens with one attached hydrogen (secondary N) is 1. The Hall–Kier alpha value is -1.43. The van der Waals surface area contributed by atoms with Crippen LogP contribution in [0.1, 0.15) is 5.56 Å². The molecule has 0 radical (unpaired) electrons. The van der Waals surface area contributed by atoms with Gasteiger partial charge in [-0.05, 0) is 31.2 Å². The smallest absolute Gasteiger partial charge is 0.240 e. The number of sulfonamides is 1. The lowest BCUT2D eigenvalue weighted by Crippen LogP contribution is -2.57. The number of hydrogen-bond acceptors (Lipinski definition) is 7. The van der Waals surface area contributed by atoms with Crippen molar-refractivity contribution in [2.45, 2.75) is 36.2 Å². The molecule has 0 aliphatic carbocycles. The zero-order chi connectivity index (χ0) is 22.7. The summed E-state index contributed by atoms with van der Waals surface area (Å²) in [6.07, 6.45) is -2.19. The average Bonchev–Trinajstić information content (AvgIpc) is 3.14. The molecule has 3 N–H and O–H groups in total. The molecule has 2 aromatic rings. The summed E-state index contributed by atoms with van der Waals surface area (Å²) in [5.74, 6) is 0. The van der Waals surface area contributed by atoms with Crippen molar-refractivity contribution in [1.29, 1.82) is 0 Å². The van der Waals surface area contributed by atoms with Crippen LogP contribution >= 0.6 is 24.8 Å². The molecule has 0 bridgehead atoms. The Morgan fingerprint density at radius 2 is 1.59 bits per heavy atom. The minimum atomic E-state index is -3.71. The number of ether oxygens (including phenoxy) is 1. The van der Waals surface area contributed by atoms with Crippen molar-refractivity contribution in [3.63, 3.8) is 0 Å². The summed E-state index contributed by atoms with van der Waals surface area (Å²) in [6.45, 7) is 4.60. The second-order valence-corrected chi connectivity index (χ2v) is 10.2. The number of benzene rings is 2. The molecule has 4 rings (SSSR count). The summed E-state index contributed by atoms with van der Waals surface area (Å²) in [7, 11) is -3.71. The monoisotopic (exact) mass is 533 g/mol. The first-order valence-electron chi connectivity index (χ1n) is 10.9. The third-order valence-electron chi connectivity index (χ3n) is 6.30. The molecule has 2 aliphatic heterocycles.